The molecule has 0 atom stereocenters. The molecule has 0 aliphatic heterocycles. The Kier molecular flexibility index (Phi) is 10.2. The standard InChI is InChI=1S/C18H29N2O/c1-2-3-4-5-6-7-8-9-10-13-16-21-18-15-12-11-14-17(18)20-19/h11-12,14-15H,2-10,13,16H2,1H3/q+1. The van der Waals surface area contributed by atoms with E-state index in [0.29, 0.717) is 18.0 Å². The molecule has 0 N–H and O–H groups in total. The third-order valence-corrected chi connectivity index (χ3v) is 3.73. The van der Waals surface area contributed by atoms with Gasteiger partial charge in [-0.15, -0.1) is 0 Å². The molecule has 21 heavy (non-hydrogen) atoms. The first-order valence-electron chi connectivity index (χ1n) is 8.45. The summed E-state index contributed by atoms with van der Waals surface area (Å²) in [6.07, 6.45) is 13.2. The second-order valence-electron chi connectivity index (χ2n) is 5.60. The molecule has 3 nitrogen and oxygen atoms in total. The van der Waals surface area contributed by atoms with Crippen LogP contribution in [0, 0.1) is 5.39 Å². The average Bonchev–Trinajstić information content (AvgIpc) is 2.53. The number of benzene rings is 1. The Morgan fingerprint density at radius 2 is 1.43 bits per heavy atom. The van der Waals surface area contributed by atoms with E-state index in [-0.39, 0.29) is 0 Å². The molecule has 0 bridgehead atoms. The minimum Gasteiger partial charge on any atom is -0.486 e. The Hall–Kier alpha value is -1.56. The van der Waals surface area contributed by atoms with Crippen LogP contribution in [0.25, 0.3) is 4.98 Å². The average molecular weight is 289 g/mol. The Morgan fingerprint density at radius 1 is 0.857 bits per heavy atom. The molecule has 0 amide bonds. The van der Waals surface area contributed by atoms with Gasteiger partial charge in [0.2, 0.25) is 11.1 Å². The van der Waals surface area contributed by atoms with Crippen molar-refractivity contribution in [2.75, 3.05) is 6.61 Å². The molecule has 1 aromatic carbocycles. The topological polar surface area (TPSA) is 37.4 Å². The van der Waals surface area contributed by atoms with Crippen LogP contribution in [0.15, 0.2) is 24.3 Å². The second kappa shape index (κ2) is 12.2. The van der Waals surface area contributed by atoms with Crippen molar-refractivity contribution in [1.29, 1.82) is 5.39 Å². The molecular formula is C18H29N2O+. The van der Waals surface area contributed by atoms with E-state index in [9.17, 15) is 0 Å². The van der Waals surface area contributed by atoms with E-state index in [0.717, 1.165) is 6.42 Å². The van der Waals surface area contributed by atoms with Gasteiger partial charge in [0.05, 0.1) is 6.61 Å². The molecule has 0 aliphatic rings. The first kappa shape index (κ1) is 17.5. The zero-order chi connectivity index (χ0) is 15.2. The lowest BCUT2D eigenvalue weighted by Gasteiger charge is -2.04. The lowest BCUT2D eigenvalue weighted by molar-refractivity contribution is 0.306. The van der Waals surface area contributed by atoms with E-state index in [1.807, 2.05) is 18.2 Å². The fourth-order valence-electron chi connectivity index (χ4n) is 2.43. The van der Waals surface area contributed by atoms with Crippen LogP contribution in [-0.4, -0.2) is 6.61 Å². The molecule has 0 aromatic heterocycles. The molecule has 0 aliphatic carbocycles. The first-order chi connectivity index (χ1) is 10.4. The highest BCUT2D eigenvalue weighted by Gasteiger charge is 2.12. The van der Waals surface area contributed by atoms with Crippen LogP contribution < -0.4 is 4.74 Å². The predicted octanol–water partition coefficient (Wildman–Crippen LogP) is 6.47. The van der Waals surface area contributed by atoms with Gasteiger partial charge in [-0.05, 0) is 12.5 Å². The van der Waals surface area contributed by atoms with Crippen molar-refractivity contribution in [2.24, 2.45) is 0 Å². The number of unbranched alkanes of at least 4 members (excludes halogenated alkanes) is 9. The number of ether oxygens (including phenoxy) is 1. The van der Waals surface area contributed by atoms with Crippen LogP contribution in [0.4, 0.5) is 5.69 Å². The summed E-state index contributed by atoms with van der Waals surface area (Å²) < 4.78 is 5.65. The van der Waals surface area contributed by atoms with Crippen LogP contribution in [0.2, 0.25) is 0 Å². The molecule has 0 saturated carbocycles. The summed E-state index contributed by atoms with van der Waals surface area (Å²) in [7, 11) is 0. The van der Waals surface area contributed by atoms with Gasteiger partial charge in [-0.3, -0.25) is 0 Å². The number of hydrogen-bond donors (Lipinski definition) is 0. The van der Waals surface area contributed by atoms with E-state index in [1.165, 1.54) is 57.8 Å². The van der Waals surface area contributed by atoms with Crippen LogP contribution in [0.1, 0.15) is 71.1 Å². The molecule has 0 spiro atoms. The molecule has 0 unspecified atom stereocenters. The Labute approximate surface area is 129 Å². The number of para-hydroxylation sites is 1. The normalized spacial score (nSPS) is 10.3. The van der Waals surface area contributed by atoms with Crippen LogP contribution in [-0.2, 0) is 0 Å². The summed E-state index contributed by atoms with van der Waals surface area (Å²) in [5, 5.41) is 8.84. The first-order valence-corrected chi connectivity index (χ1v) is 8.45. The van der Waals surface area contributed by atoms with Crippen LogP contribution in [0.3, 0.4) is 0 Å². The SMILES string of the molecule is CCCCCCCCCCCCOc1ccccc1[N+]#N. The van der Waals surface area contributed by atoms with Crippen molar-refractivity contribution in [3.63, 3.8) is 0 Å². The highest BCUT2D eigenvalue weighted by molar-refractivity contribution is 5.56. The highest BCUT2D eigenvalue weighted by Crippen LogP contribution is 2.26. The van der Waals surface area contributed by atoms with Crippen molar-refractivity contribution < 1.29 is 4.74 Å². The Morgan fingerprint density at radius 3 is 2.05 bits per heavy atom. The predicted molar refractivity (Wildman–Crippen MR) is 88.5 cm³/mol. The minimum absolute atomic E-state index is 0.504. The minimum atomic E-state index is 0.504. The summed E-state index contributed by atoms with van der Waals surface area (Å²) in [5.41, 5.74) is 0.504. The lowest BCUT2D eigenvalue weighted by Crippen LogP contribution is -1.97. The molecule has 116 valence electrons. The van der Waals surface area contributed by atoms with E-state index in [2.05, 4.69) is 11.9 Å². The van der Waals surface area contributed by atoms with E-state index in [4.69, 9.17) is 10.1 Å². The Bertz CT molecular complexity index is 412. The fourth-order valence-corrected chi connectivity index (χ4v) is 2.43. The Balaban J connectivity index is 1.94. The molecular weight excluding hydrogens is 260 g/mol. The van der Waals surface area contributed by atoms with Gasteiger partial charge in [0.1, 0.15) is 0 Å². The van der Waals surface area contributed by atoms with Crippen LogP contribution >= 0.6 is 0 Å². The van der Waals surface area contributed by atoms with Gasteiger partial charge in [0, 0.05) is 6.07 Å². The molecule has 0 radical (unpaired) electrons. The maximum atomic E-state index is 8.84. The zero-order valence-electron chi connectivity index (χ0n) is 13.4. The van der Waals surface area contributed by atoms with Crippen molar-refractivity contribution in [3.8, 4) is 5.75 Å². The van der Waals surface area contributed by atoms with Gasteiger partial charge in [-0.25, -0.2) is 0 Å². The summed E-state index contributed by atoms with van der Waals surface area (Å²) in [4.78, 5) is 3.22. The van der Waals surface area contributed by atoms with E-state index >= 15 is 0 Å². The number of rotatable bonds is 12. The zero-order valence-corrected chi connectivity index (χ0v) is 13.4. The lowest BCUT2D eigenvalue weighted by atomic mass is 10.1. The van der Waals surface area contributed by atoms with Crippen molar-refractivity contribution in [2.45, 2.75) is 71.1 Å². The van der Waals surface area contributed by atoms with Crippen molar-refractivity contribution >= 4 is 5.69 Å². The van der Waals surface area contributed by atoms with Gasteiger partial charge < -0.3 is 4.74 Å². The third kappa shape index (κ3) is 8.34. The second-order valence-corrected chi connectivity index (χ2v) is 5.60. The molecule has 1 aromatic rings. The smallest absolute Gasteiger partial charge is 0.426 e. The molecule has 0 fully saturated rings. The maximum Gasteiger partial charge on any atom is 0.426 e. The summed E-state index contributed by atoms with van der Waals surface area (Å²) in [6.45, 7) is 2.96. The fraction of sp³-hybridized carbons (Fsp3) is 0.667. The highest BCUT2D eigenvalue weighted by atomic mass is 16.5. The number of hydrogen-bond acceptors (Lipinski definition) is 2. The van der Waals surface area contributed by atoms with Crippen molar-refractivity contribution in [3.05, 3.63) is 29.2 Å². The van der Waals surface area contributed by atoms with Crippen LogP contribution in [0.5, 0.6) is 5.75 Å². The van der Waals surface area contributed by atoms with Gasteiger partial charge in [-0.1, -0.05) is 76.8 Å². The summed E-state index contributed by atoms with van der Waals surface area (Å²) in [6, 6.07) is 7.31. The summed E-state index contributed by atoms with van der Waals surface area (Å²) >= 11 is 0. The number of nitrogens with zero attached hydrogens (tertiary/aromatic N) is 2. The molecule has 0 saturated heterocycles. The van der Waals surface area contributed by atoms with Gasteiger partial charge in [0.15, 0.2) is 4.98 Å². The van der Waals surface area contributed by atoms with Gasteiger partial charge >= 0.3 is 5.69 Å². The monoisotopic (exact) mass is 289 g/mol. The molecule has 0 heterocycles. The van der Waals surface area contributed by atoms with E-state index < -0.39 is 0 Å². The number of diazo groups is 1. The van der Waals surface area contributed by atoms with Crippen molar-refractivity contribution in [1.82, 2.24) is 0 Å². The largest absolute Gasteiger partial charge is 0.486 e. The molecule has 3 heteroatoms. The van der Waals surface area contributed by atoms with Gasteiger partial charge in [-0.2, -0.15) is 0 Å². The van der Waals surface area contributed by atoms with E-state index in [1.54, 1.807) is 6.07 Å². The third-order valence-electron chi connectivity index (χ3n) is 3.73. The maximum absolute atomic E-state index is 8.84. The van der Waals surface area contributed by atoms with Gasteiger partial charge in [0.25, 0.3) is 0 Å². The molecule has 1 rings (SSSR count). The summed E-state index contributed by atoms with van der Waals surface area (Å²) in [5.74, 6) is 0.663. The quantitative estimate of drug-likeness (QED) is 0.326.